The highest BCUT2D eigenvalue weighted by molar-refractivity contribution is 7.71. The maximum absolute atomic E-state index is 5.35. The van der Waals surface area contributed by atoms with Crippen molar-refractivity contribution in [3.63, 3.8) is 0 Å². The standard InChI is InChI=1S/C13H17N3S/c1-9-7-13(17)16-12(14-9)8-11(15-16)10-5-3-2-4-6-10/h7-8,10,15H,2-6H2,1H3. The Morgan fingerprint density at radius 3 is 2.82 bits per heavy atom. The molecule has 0 bridgehead atoms. The van der Waals surface area contributed by atoms with Gasteiger partial charge in [-0.2, -0.15) is 0 Å². The molecule has 0 saturated heterocycles. The second-order valence-corrected chi connectivity index (χ2v) is 5.39. The molecule has 90 valence electrons. The van der Waals surface area contributed by atoms with Gasteiger partial charge in [0.15, 0.2) is 5.65 Å². The summed E-state index contributed by atoms with van der Waals surface area (Å²) in [7, 11) is 0. The van der Waals surface area contributed by atoms with E-state index in [-0.39, 0.29) is 0 Å². The predicted molar refractivity (Wildman–Crippen MR) is 70.9 cm³/mol. The molecule has 2 aromatic rings. The highest BCUT2D eigenvalue weighted by Gasteiger charge is 2.17. The molecular weight excluding hydrogens is 230 g/mol. The van der Waals surface area contributed by atoms with E-state index in [0.717, 1.165) is 16.0 Å². The van der Waals surface area contributed by atoms with Crippen LogP contribution >= 0.6 is 12.2 Å². The predicted octanol–water partition coefficient (Wildman–Crippen LogP) is 3.75. The van der Waals surface area contributed by atoms with Crippen LogP contribution in [0, 0.1) is 11.6 Å². The van der Waals surface area contributed by atoms with Gasteiger partial charge in [0, 0.05) is 23.4 Å². The largest absolute Gasteiger partial charge is 0.295 e. The first kappa shape index (κ1) is 11.0. The number of aryl methyl sites for hydroxylation is 1. The van der Waals surface area contributed by atoms with Crippen LogP contribution in [-0.4, -0.2) is 14.6 Å². The van der Waals surface area contributed by atoms with Crippen molar-refractivity contribution in [2.75, 3.05) is 0 Å². The van der Waals surface area contributed by atoms with E-state index in [2.05, 4.69) is 16.1 Å². The van der Waals surface area contributed by atoms with Crippen LogP contribution in [0.4, 0.5) is 0 Å². The van der Waals surface area contributed by atoms with Crippen LogP contribution in [0.15, 0.2) is 12.1 Å². The molecule has 0 atom stereocenters. The van der Waals surface area contributed by atoms with E-state index in [1.165, 1.54) is 37.8 Å². The molecule has 0 spiro atoms. The highest BCUT2D eigenvalue weighted by atomic mass is 32.1. The van der Waals surface area contributed by atoms with E-state index < -0.39 is 0 Å². The van der Waals surface area contributed by atoms with E-state index in [1.54, 1.807) is 0 Å². The number of nitrogens with one attached hydrogen (secondary N) is 1. The topological polar surface area (TPSA) is 33.1 Å². The molecule has 2 aromatic heterocycles. The van der Waals surface area contributed by atoms with Crippen molar-refractivity contribution in [2.24, 2.45) is 0 Å². The van der Waals surface area contributed by atoms with E-state index in [0.29, 0.717) is 5.92 Å². The summed E-state index contributed by atoms with van der Waals surface area (Å²) in [6, 6.07) is 4.10. The van der Waals surface area contributed by atoms with Gasteiger partial charge in [0.05, 0.1) is 0 Å². The van der Waals surface area contributed by atoms with Crippen LogP contribution in [0.25, 0.3) is 5.65 Å². The maximum Gasteiger partial charge on any atom is 0.154 e. The second kappa shape index (κ2) is 4.26. The fourth-order valence-electron chi connectivity index (χ4n) is 2.75. The summed E-state index contributed by atoms with van der Waals surface area (Å²) in [5.41, 5.74) is 3.24. The first-order valence-electron chi connectivity index (χ1n) is 6.33. The highest BCUT2D eigenvalue weighted by Crippen LogP contribution is 2.32. The molecule has 0 unspecified atom stereocenters. The number of fused-ring (bicyclic) bond motifs is 1. The normalized spacial score (nSPS) is 17.7. The van der Waals surface area contributed by atoms with Crippen molar-refractivity contribution < 1.29 is 0 Å². The van der Waals surface area contributed by atoms with E-state index in [1.807, 2.05) is 17.5 Å². The minimum absolute atomic E-state index is 0.667. The summed E-state index contributed by atoms with van der Waals surface area (Å²) in [5.74, 6) is 0.667. The van der Waals surface area contributed by atoms with E-state index in [4.69, 9.17) is 12.2 Å². The SMILES string of the molecule is Cc1cc(=S)n2[nH]c(C3CCCCC3)cc2n1. The van der Waals surface area contributed by atoms with Crippen molar-refractivity contribution in [1.82, 2.24) is 14.6 Å². The Labute approximate surface area is 106 Å². The number of aromatic amines is 1. The van der Waals surface area contributed by atoms with Gasteiger partial charge < -0.3 is 0 Å². The third-order valence-electron chi connectivity index (χ3n) is 3.64. The zero-order valence-electron chi connectivity index (χ0n) is 10.1. The zero-order valence-corrected chi connectivity index (χ0v) is 10.9. The molecule has 1 saturated carbocycles. The van der Waals surface area contributed by atoms with Gasteiger partial charge in [0.1, 0.15) is 4.64 Å². The summed E-state index contributed by atoms with van der Waals surface area (Å²) in [6.45, 7) is 1.99. The second-order valence-electron chi connectivity index (χ2n) is 4.98. The van der Waals surface area contributed by atoms with Gasteiger partial charge in [-0.05, 0) is 25.8 Å². The summed E-state index contributed by atoms with van der Waals surface area (Å²) >= 11 is 5.35. The van der Waals surface area contributed by atoms with Crippen LogP contribution in [0.1, 0.15) is 49.4 Å². The fraction of sp³-hybridized carbons (Fsp3) is 0.538. The zero-order chi connectivity index (χ0) is 11.8. The number of nitrogens with zero attached hydrogens (tertiary/aromatic N) is 2. The fourth-order valence-corrected chi connectivity index (χ4v) is 3.06. The van der Waals surface area contributed by atoms with Crippen molar-refractivity contribution in [3.8, 4) is 0 Å². The summed E-state index contributed by atoms with van der Waals surface area (Å²) < 4.78 is 2.74. The average Bonchev–Trinajstić information content (AvgIpc) is 2.74. The van der Waals surface area contributed by atoms with Crippen LogP contribution < -0.4 is 0 Å². The number of H-pyrrole nitrogens is 1. The Morgan fingerprint density at radius 2 is 2.06 bits per heavy atom. The summed E-state index contributed by atoms with van der Waals surface area (Å²) in [6.07, 6.45) is 6.65. The van der Waals surface area contributed by atoms with Gasteiger partial charge in [0.2, 0.25) is 0 Å². The lowest BCUT2D eigenvalue weighted by Gasteiger charge is -2.19. The molecule has 0 radical (unpaired) electrons. The number of aromatic nitrogens is 3. The first-order chi connectivity index (χ1) is 8.24. The molecule has 1 aliphatic carbocycles. The molecule has 1 fully saturated rings. The molecule has 1 N–H and O–H groups in total. The van der Waals surface area contributed by atoms with E-state index in [9.17, 15) is 0 Å². The quantitative estimate of drug-likeness (QED) is 0.779. The third kappa shape index (κ3) is 2.02. The minimum atomic E-state index is 0.667. The number of hydrogen-bond donors (Lipinski definition) is 1. The third-order valence-corrected chi connectivity index (χ3v) is 3.94. The van der Waals surface area contributed by atoms with Crippen LogP contribution in [0.2, 0.25) is 0 Å². The monoisotopic (exact) mass is 247 g/mol. The Balaban J connectivity index is 2.06. The Morgan fingerprint density at radius 1 is 1.29 bits per heavy atom. The Hall–Kier alpha value is -1.16. The van der Waals surface area contributed by atoms with Crippen LogP contribution in [0.5, 0.6) is 0 Å². The average molecular weight is 247 g/mol. The Bertz CT molecular complexity index is 590. The summed E-state index contributed by atoms with van der Waals surface area (Å²) in [4.78, 5) is 4.52. The van der Waals surface area contributed by atoms with E-state index >= 15 is 0 Å². The molecule has 0 aromatic carbocycles. The minimum Gasteiger partial charge on any atom is -0.295 e. The summed E-state index contributed by atoms with van der Waals surface area (Å²) in [5, 5.41) is 3.41. The van der Waals surface area contributed by atoms with Gasteiger partial charge >= 0.3 is 0 Å². The lowest BCUT2D eigenvalue weighted by Crippen LogP contribution is -2.05. The van der Waals surface area contributed by atoms with Crippen molar-refractivity contribution in [1.29, 1.82) is 0 Å². The molecule has 0 aliphatic heterocycles. The molecule has 0 amide bonds. The van der Waals surface area contributed by atoms with Crippen LogP contribution in [-0.2, 0) is 0 Å². The van der Waals surface area contributed by atoms with Crippen molar-refractivity contribution >= 4 is 17.9 Å². The molecule has 17 heavy (non-hydrogen) atoms. The smallest absolute Gasteiger partial charge is 0.154 e. The first-order valence-corrected chi connectivity index (χ1v) is 6.74. The van der Waals surface area contributed by atoms with Crippen LogP contribution in [0.3, 0.4) is 0 Å². The number of hydrogen-bond acceptors (Lipinski definition) is 2. The number of rotatable bonds is 1. The molecule has 4 heteroatoms. The van der Waals surface area contributed by atoms with Gasteiger partial charge in [-0.3, -0.25) is 5.10 Å². The van der Waals surface area contributed by atoms with Gasteiger partial charge in [0.25, 0.3) is 0 Å². The maximum atomic E-state index is 5.35. The molecule has 1 aliphatic rings. The van der Waals surface area contributed by atoms with Gasteiger partial charge in [-0.25, -0.2) is 9.50 Å². The van der Waals surface area contributed by atoms with Crippen molar-refractivity contribution in [2.45, 2.75) is 44.9 Å². The Kier molecular flexibility index (Phi) is 2.74. The molecule has 3 nitrogen and oxygen atoms in total. The van der Waals surface area contributed by atoms with Crippen molar-refractivity contribution in [3.05, 3.63) is 28.2 Å². The molecular formula is C13H17N3S. The van der Waals surface area contributed by atoms with Gasteiger partial charge in [-0.1, -0.05) is 31.5 Å². The molecule has 3 rings (SSSR count). The molecule has 2 heterocycles. The lowest BCUT2D eigenvalue weighted by atomic mass is 9.87. The lowest BCUT2D eigenvalue weighted by molar-refractivity contribution is 0.435. The van der Waals surface area contributed by atoms with Gasteiger partial charge in [-0.15, -0.1) is 0 Å².